The van der Waals surface area contributed by atoms with Gasteiger partial charge in [0, 0.05) is 31.3 Å². The Hall–Kier alpha value is -2.15. The van der Waals surface area contributed by atoms with Gasteiger partial charge in [0.25, 0.3) is 5.69 Å². The molecule has 144 valence electrons. The smallest absolute Gasteiger partial charge is 0.269 e. The predicted octanol–water partition coefficient (Wildman–Crippen LogP) is 3.24. The van der Waals surface area contributed by atoms with Crippen LogP contribution in [0.4, 0.5) is 5.69 Å². The van der Waals surface area contributed by atoms with Gasteiger partial charge in [-0.2, -0.15) is 0 Å². The molecular formula is C19H30N4O3. The van der Waals surface area contributed by atoms with E-state index in [9.17, 15) is 10.1 Å². The summed E-state index contributed by atoms with van der Waals surface area (Å²) in [5.74, 6) is 1.23. The van der Waals surface area contributed by atoms with Crippen molar-refractivity contribution in [1.29, 1.82) is 0 Å². The number of non-ortho nitro benzene ring substituents is 1. The maximum Gasteiger partial charge on any atom is 0.269 e. The van der Waals surface area contributed by atoms with Gasteiger partial charge in [-0.25, -0.2) is 4.99 Å². The molecule has 0 spiro atoms. The van der Waals surface area contributed by atoms with Crippen molar-refractivity contribution < 1.29 is 9.66 Å². The SMILES string of the molecule is CC(C)C(C)NC(=NCc1ccc([N+](=O)[O-])cc1)NCC1CCCCO1. The monoisotopic (exact) mass is 362 g/mol. The first-order valence-electron chi connectivity index (χ1n) is 9.35. The summed E-state index contributed by atoms with van der Waals surface area (Å²) in [6, 6.07) is 6.80. The van der Waals surface area contributed by atoms with E-state index in [1.165, 1.54) is 18.6 Å². The molecule has 0 amide bonds. The van der Waals surface area contributed by atoms with Crippen LogP contribution in [0.1, 0.15) is 45.6 Å². The lowest BCUT2D eigenvalue weighted by Crippen LogP contribution is -2.47. The van der Waals surface area contributed by atoms with Crippen LogP contribution in [-0.4, -0.2) is 36.2 Å². The highest BCUT2D eigenvalue weighted by Gasteiger charge is 2.15. The molecule has 7 heteroatoms. The van der Waals surface area contributed by atoms with Gasteiger partial charge < -0.3 is 15.4 Å². The largest absolute Gasteiger partial charge is 0.376 e. The second-order valence-corrected chi connectivity index (χ2v) is 7.13. The van der Waals surface area contributed by atoms with E-state index in [4.69, 9.17) is 4.74 Å². The zero-order valence-electron chi connectivity index (χ0n) is 15.9. The van der Waals surface area contributed by atoms with Gasteiger partial charge in [-0.05, 0) is 37.7 Å². The van der Waals surface area contributed by atoms with Gasteiger partial charge in [0.05, 0.1) is 17.6 Å². The zero-order valence-corrected chi connectivity index (χ0v) is 15.9. The fraction of sp³-hybridized carbons (Fsp3) is 0.632. The Balaban J connectivity index is 1.98. The Morgan fingerprint density at radius 1 is 1.31 bits per heavy atom. The molecule has 0 aliphatic carbocycles. The average molecular weight is 362 g/mol. The van der Waals surface area contributed by atoms with Gasteiger partial charge in [-0.1, -0.05) is 26.0 Å². The van der Waals surface area contributed by atoms with Crippen LogP contribution in [0, 0.1) is 16.0 Å². The molecular weight excluding hydrogens is 332 g/mol. The maximum atomic E-state index is 10.7. The lowest BCUT2D eigenvalue weighted by molar-refractivity contribution is -0.384. The number of nitrogens with zero attached hydrogens (tertiary/aromatic N) is 2. The van der Waals surface area contributed by atoms with Gasteiger partial charge >= 0.3 is 0 Å². The molecule has 1 aromatic rings. The van der Waals surface area contributed by atoms with Crippen molar-refractivity contribution in [3.05, 3.63) is 39.9 Å². The van der Waals surface area contributed by atoms with Crippen LogP contribution in [-0.2, 0) is 11.3 Å². The zero-order chi connectivity index (χ0) is 18.9. The minimum atomic E-state index is -0.393. The van der Waals surface area contributed by atoms with E-state index >= 15 is 0 Å². The summed E-state index contributed by atoms with van der Waals surface area (Å²) in [6.45, 7) is 8.48. The van der Waals surface area contributed by atoms with E-state index in [0.29, 0.717) is 12.5 Å². The van der Waals surface area contributed by atoms with E-state index in [2.05, 4.69) is 36.4 Å². The number of hydrogen-bond donors (Lipinski definition) is 2. The highest BCUT2D eigenvalue weighted by molar-refractivity contribution is 5.80. The van der Waals surface area contributed by atoms with Crippen LogP contribution >= 0.6 is 0 Å². The molecule has 1 aliphatic heterocycles. The van der Waals surface area contributed by atoms with Crippen molar-refractivity contribution in [2.45, 2.75) is 58.7 Å². The summed E-state index contributed by atoms with van der Waals surface area (Å²) >= 11 is 0. The lowest BCUT2D eigenvalue weighted by atomic mass is 10.1. The molecule has 2 N–H and O–H groups in total. The molecule has 26 heavy (non-hydrogen) atoms. The van der Waals surface area contributed by atoms with Gasteiger partial charge in [-0.3, -0.25) is 10.1 Å². The highest BCUT2D eigenvalue weighted by Crippen LogP contribution is 2.13. The van der Waals surface area contributed by atoms with E-state index < -0.39 is 4.92 Å². The first kappa shape index (κ1) is 20.2. The first-order chi connectivity index (χ1) is 12.5. The van der Waals surface area contributed by atoms with E-state index in [1.54, 1.807) is 12.1 Å². The molecule has 2 unspecified atom stereocenters. The normalized spacial score (nSPS) is 19.2. The number of ether oxygens (including phenoxy) is 1. The molecule has 0 aromatic heterocycles. The number of aliphatic imine (C=N–C) groups is 1. The summed E-state index contributed by atoms with van der Waals surface area (Å²) in [6.07, 6.45) is 3.64. The number of guanidine groups is 1. The molecule has 1 heterocycles. The minimum Gasteiger partial charge on any atom is -0.376 e. The fourth-order valence-electron chi connectivity index (χ4n) is 2.61. The Bertz CT molecular complexity index is 595. The molecule has 0 saturated carbocycles. The lowest BCUT2D eigenvalue weighted by Gasteiger charge is -2.25. The van der Waals surface area contributed by atoms with Gasteiger partial charge in [-0.15, -0.1) is 0 Å². The Morgan fingerprint density at radius 3 is 2.62 bits per heavy atom. The van der Waals surface area contributed by atoms with Gasteiger partial charge in [0.1, 0.15) is 0 Å². The van der Waals surface area contributed by atoms with Crippen molar-refractivity contribution in [3.8, 4) is 0 Å². The van der Waals surface area contributed by atoms with Gasteiger partial charge in [0.15, 0.2) is 5.96 Å². The van der Waals surface area contributed by atoms with E-state index in [1.807, 2.05) is 0 Å². The molecule has 1 aromatic carbocycles. The predicted molar refractivity (Wildman–Crippen MR) is 103 cm³/mol. The molecule has 1 fully saturated rings. The molecule has 2 rings (SSSR count). The van der Waals surface area contributed by atoms with Crippen molar-refractivity contribution in [2.24, 2.45) is 10.9 Å². The van der Waals surface area contributed by atoms with Crippen LogP contribution in [0.25, 0.3) is 0 Å². The van der Waals surface area contributed by atoms with Crippen molar-refractivity contribution >= 4 is 11.6 Å². The minimum absolute atomic E-state index is 0.0945. The third kappa shape index (κ3) is 6.63. The number of rotatable bonds is 7. The van der Waals surface area contributed by atoms with Crippen LogP contribution in [0.15, 0.2) is 29.3 Å². The van der Waals surface area contributed by atoms with Crippen LogP contribution in [0.5, 0.6) is 0 Å². The fourth-order valence-corrected chi connectivity index (χ4v) is 2.61. The third-order valence-electron chi connectivity index (χ3n) is 4.70. The highest BCUT2D eigenvalue weighted by atomic mass is 16.6. The third-order valence-corrected chi connectivity index (χ3v) is 4.70. The molecule has 2 atom stereocenters. The standard InChI is InChI=1S/C19H30N4O3/c1-14(2)15(3)22-19(21-13-18-6-4-5-11-26-18)20-12-16-7-9-17(10-8-16)23(24)25/h7-10,14-15,18H,4-6,11-13H2,1-3H3,(H2,20,21,22). The topological polar surface area (TPSA) is 88.8 Å². The van der Waals surface area contributed by atoms with Crippen LogP contribution in [0.3, 0.4) is 0 Å². The number of benzene rings is 1. The Labute approximate surface area is 155 Å². The molecule has 1 aliphatic rings. The summed E-state index contributed by atoms with van der Waals surface area (Å²) < 4.78 is 5.77. The van der Waals surface area contributed by atoms with Crippen molar-refractivity contribution in [1.82, 2.24) is 10.6 Å². The molecule has 0 radical (unpaired) electrons. The summed E-state index contributed by atoms with van der Waals surface area (Å²) in [5.41, 5.74) is 1.03. The Kier molecular flexibility index (Phi) is 7.84. The average Bonchev–Trinajstić information content (AvgIpc) is 2.64. The van der Waals surface area contributed by atoms with E-state index in [0.717, 1.165) is 37.5 Å². The van der Waals surface area contributed by atoms with Gasteiger partial charge in [0.2, 0.25) is 0 Å². The number of nitro benzene ring substituents is 1. The quantitative estimate of drug-likeness (QED) is 0.336. The number of nitrogens with one attached hydrogen (secondary N) is 2. The van der Waals surface area contributed by atoms with Crippen molar-refractivity contribution in [2.75, 3.05) is 13.2 Å². The molecule has 7 nitrogen and oxygen atoms in total. The van der Waals surface area contributed by atoms with Crippen molar-refractivity contribution in [3.63, 3.8) is 0 Å². The number of hydrogen-bond acceptors (Lipinski definition) is 4. The van der Waals surface area contributed by atoms with E-state index in [-0.39, 0.29) is 17.8 Å². The van der Waals surface area contributed by atoms with Crippen LogP contribution in [0.2, 0.25) is 0 Å². The second-order valence-electron chi connectivity index (χ2n) is 7.13. The Morgan fingerprint density at radius 2 is 2.04 bits per heavy atom. The number of nitro groups is 1. The summed E-state index contributed by atoms with van der Waals surface area (Å²) in [4.78, 5) is 15.0. The maximum absolute atomic E-state index is 10.7. The molecule has 0 bridgehead atoms. The molecule has 1 saturated heterocycles. The summed E-state index contributed by atoms with van der Waals surface area (Å²) in [5, 5.41) is 17.6. The van der Waals surface area contributed by atoms with Crippen LogP contribution < -0.4 is 10.6 Å². The second kappa shape index (κ2) is 10.1. The summed E-state index contributed by atoms with van der Waals surface area (Å²) in [7, 11) is 0. The first-order valence-corrected chi connectivity index (χ1v) is 9.35.